The third-order valence-electron chi connectivity index (χ3n) is 2.20. The molecule has 1 unspecified atom stereocenters. The Labute approximate surface area is 90.2 Å². The average Bonchev–Trinajstić information content (AvgIpc) is 2.27. The lowest BCUT2D eigenvalue weighted by Gasteiger charge is -2.22. The SMILES string of the molecule is COC(=O)/C=C(\C)COC1CCCCO1. The zero-order valence-electron chi connectivity index (χ0n) is 9.32. The van der Waals surface area contributed by atoms with Gasteiger partial charge in [0, 0.05) is 12.7 Å². The molecule has 4 heteroatoms. The molecule has 4 nitrogen and oxygen atoms in total. The number of rotatable bonds is 4. The van der Waals surface area contributed by atoms with Gasteiger partial charge >= 0.3 is 5.97 Å². The lowest BCUT2D eigenvalue weighted by atomic mass is 10.2. The molecule has 0 N–H and O–H groups in total. The van der Waals surface area contributed by atoms with Crippen LogP contribution in [0.2, 0.25) is 0 Å². The van der Waals surface area contributed by atoms with Crippen LogP contribution in [0.25, 0.3) is 0 Å². The first-order valence-electron chi connectivity index (χ1n) is 5.20. The maximum atomic E-state index is 10.9. The largest absolute Gasteiger partial charge is 0.466 e. The fourth-order valence-corrected chi connectivity index (χ4v) is 1.37. The predicted molar refractivity (Wildman–Crippen MR) is 55.3 cm³/mol. The van der Waals surface area contributed by atoms with Gasteiger partial charge in [-0.15, -0.1) is 0 Å². The molecule has 0 aromatic rings. The molecular weight excluding hydrogens is 196 g/mol. The number of methoxy groups -OCH3 is 1. The topological polar surface area (TPSA) is 44.8 Å². The molecule has 1 atom stereocenters. The molecule has 1 fully saturated rings. The van der Waals surface area contributed by atoms with Crippen molar-refractivity contribution in [3.05, 3.63) is 11.6 Å². The van der Waals surface area contributed by atoms with Crippen molar-refractivity contribution >= 4 is 5.97 Å². The molecule has 1 aliphatic heterocycles. The molecule has 0 radical (unpaired) electrons. The lowest BCUT2D eigenvalue weighted by Crippen LogP contribution is -2.23. The molecule has 1 aliphatic rings. The standard InChI is InChI=1S/C11H18O4/c1-9(7-10(12)13-2)8-15-11-5-3-4-6-14-11/h7,11H,3-6,8H2,1-2H3/b9-7+. The number of hydrogen-bond acceptors (Lipinski definition) is 4. The van der Waals surface area contributed by atoms with Gasteiger partial charge in [-0.25, -0.2) is 4.79 Å². The highest BCUT2D eigenvalue weighted by Crippen LogP contribution is 2.14. The Hall–Kier alpha value is -0.870. The lowest BCUT2D eigenvalue weighted by molar-refractivity contribution is -0.157. The summed E-state index contributed by atoms with van der Waals surface area (Å²) in [7, 11) is 1.36. The van der Waals surface area contributed by atoms with Gasteiger partial charge in [0.05, 0.1) is 13.7 Å². The minimum Gasteiger partial charge on any atom is -0.466 e. The van der Waals surface area contributed by atoms with Crippen LogP contribution >= 0.6 is 0 Å². The van der Waals surface area contributed by atoms with E-state index in [2.05, 4.69) is 4.74 Å². The molecule has 0 spiro atoms. The molecule has 0 amide bonds. The highest BCUT2D eigenvalue weighted by Gasteiger charge is 2.13. The third kappa shape index (κ3) is 4.95. The molecule has 86 valence electrons. The Morgan fingerprint density at radius 3 is 2.93 bits per heavy atom. The van der Waals surface area contributed by atoms with Gasteiger partial charge in [0.1, 0.15) is 0 Å². The Balaban J connectivity index is 2.23. The molecular formula is C11H18O4. The second-order valence-electron chi connectivity index (χ2n) is 3.62. The van der Waals surface area contributed by atoms with E-state index in [1.807, 2.05) is 6.92 Å². The molecule has 0 aromatic carbocycles. The molecule has 0 aromatic heterocycles. The summed E-state index contributed by atoms with van der Waals surface area (Å²) in [5.74, 6) is -0.347. The minimum atomic E-state index is -0.347. The summed E-state index contributed by atoms with van der Waals surface area (Å²) in [6.45, 7) is 3.02. The summed E-state index contributed by atoms with van der Waals surface area (Å²) < 4.78 is 15.4. The quantitative estimate of drug-likeness (QED) is 0.527. The van der Waals surface area contributed by atoms with Gasteiger partial charge in [-0.1, -0.05) is 0 Å². The van der Waals surface area contributed by atoms with Crippen LogP contribution < -0.4 is 0 Å². The normalized spacial score (nSPS) is 22.5. The summed E-state index contributed by atoms with van der Waals surface area (Å²) in [5, 5.41) is 0. The van der Waals surface area contributed by atoms with E-state index in [0.717, 1.165) is 31.4 Å². The monoisotopic (exact) mass is 214 g/mol. The first-order valence-corrected chi connectivity index (χ1v) is 5.20. The van der Waals surface area contributed by atoms with Crippen molar-refractivity contribution in [3.63, 3.8) is 0 Å². The molecule has 1 rings (SSSR count). The summed E-state index contributed by atoms with van der Waals surface area (Å²) in [6, 6.07) is 0. The van der Waals surface area contributed by atoms with Crippen LogP contribution in [0.5, 0.6) is 0 Å². The van der Waals surface area contributed by atoms with Crippen molar-refractivity contribution in [2.75, 3.05) is 20.3 Å². The summed E-state index contributed by atoms with van der Waals surface area (Å²) in [6.07, 6.45) is 4.51. The van der Waals surface area contributed by atoms with E-state index in [4.69, 9.17) is 9.47 Å². The van der Waals surface area contributed by atoms with Crippen LogP contribution in [0, 0.1) is 0 Å². The Bertz CT molecular complexity index is 229. The van der Waals surface area contributed by atoms with E-state index in [9.17, 15) is 4.79 Å². The zero-order valence-corrected chi connectivity index (χ0v) is 9.32. The molecule has 1 saturated heterocycles. The van der Waals surface area contributed by atoms with Crippen molar-refractivity contribution in [1.82, 2.24) is 0 Å². The van der Waals surface area contributed by atoms with Gasteiger partial charge in [0.25, 0.3) is 0 Å². The van der Waals surface area contributed by atoms with Crippen LogP contribution in [0.15, 0.2) is 11.6 Å². The van der Waals surface area contributed by atoms with Crippen molar-refractivity contribution < 1.29 is 19.0 Å². The highest BCUT2D eigenvalue weighted by molar-refractivity contribution is 5.82. The summed E-state index contributed by atoms with van der Waals surface area (Å²) in [5.41, 5.74) is 0.844. The molecule has 0 aliphatic carbocycles. The number of hydrogen-bond donors (Lipinski definition) is 0. The first-order chi connectivity index (χ1) is 7.22. The molecule has 1 heterocycles. The van der Waals surface area contributed by atoms with E-state index in [1.54, 1.807) is 0 Å². The fraction of sp³-hybridized carbons (Fsp3) is 0.727. The maximum Gasteiger partial charge on any atom is 0.330 e. The second-order valence-corrected chi connectivity index (χ2v) is 3.62. The predicted octanol–water partition coefficient (Wildman–Crippen LogP) is 1.65. The number of carbonyl (C=O) groups is 1. The van der Waals surface area contributed by atoms with Crippen LogP contribution in [-0.4, -0.2) is 32.6 Å². The van der Waals surface area contributed by atoms with Crippen LogP contribution in [0.1, 0.15) is 26.2 Å². The number of esters is 1. The Kier molecular flexibility index (Phi) is 5.36. The van der Waals surface area contributed by atoms with Crippen molar-refractivity contribution in [1.29, 1.82) is 0 Å². The van der Waals surface area contributed by atoms with Crippen molar-refractivity contribution in [2.24, 2.45) is 0 Å². The molecule has 15 heavy (non-hydrogen) atoms. The van der Waals surface area contributed by atoms with E-state index in [-0.39, 0.29) is 12.3 Å². The average molecular weight is 214 g/mol. The van der Waals surface area contributed by atoms with Gasteiger partial charge in [-0.3, -0.25) is 0 Å². The van der Waals surface area contributed by atoms with E-state index >= 15 is 0 Å². The summed E-state index contributed by atoms with van der Waals surface area (Å²) in [4.78, 5) is 10.9. The smallest absolute Gasteiger partial charge is 0.330 e. The van der Waals surface area contributed by atoms with Gasteiger partial charge < -0.3 is 14.2 Å². The number of carbonyl (C=O) groups excluding carboxylic acids is 1. The van der Waals surface area contributed by atoms with Crippen LogP contribution in [0.3, 0.4) is 0 Å². The van der Waals surface area contributed by atoms with Gasteiger partial charge in [0.2, 0.25) is 0 Å². The van der Waals surface area contributed by atoms with Gasteiger partial charge in [-0.2, -0.15) is 0 Å². The van der Waals surface area contributed by atoms with E-state index in [0.29, 0.717) is 6.61 Å². The molecule has 0 saturated carbocycles. The van der Waals surface area contributed by atoms with Crippen LogP contribution in [-0.2, 0) is 19.0 Å². The summed E-state index contributed by atoms with van der Waals surface area (Å²) >= 11 is 0. The van der Waals surface area contributed by atoms with E-state index < -0.39 is 0 Å². The fourth-order valence-electron chi connectivity index (χ4n) is 1.37. The minimum absolute atomic E-state index is 0.111. The van der Waals surface area contributed by atoms with Crippen molar-refractivity contribution in [2.45, 2.75) is 32.5 Å². The number of ether oxygens (including phenoxy) is 3. The van der Waals surface area contributed by atoms with Crippen molar-refractivity contribution in [3.8, 4) is 0 Å². The van der Waals surface area contributed by atoms with E-state index in [1.165, 1.54) is 13.2 Å². The highest BCUT2D eigenvalue weighted by atomic mass is 16.7. The van der Waals surface area contributed by atoms with Gasteiger partial charge in [-0.05, 0) is 31.8 Å². The first kappa shape index (κ1) is 12.2. The second kappa shape index (κ2) is 6.58. The maximum absolute atomic E-state index is 10.9. The third-order valence-corrected chi connectivity index (χ3v) is 2.20. The Morgan fingerprint density at radius 1 is 1.53 bits per heavy atom. The molecule has 0 bridgehead atoms. The van der Waals surface area contributed by atoms with Gasteiger partial charge in [0.15, 0.2) is 6.29 Å². The van der Waals surface area contributed by atoms with Crippen LogP contribution in [0.4, 0.5) is 0 Å². The zero-order chi connectivity index (χ0) is 11.1. The Morgan fingerprint density at radius 2 is 2.33 bits per heavy atom.